The van der Waals surface area contributed by atoms with Gasteiger partial charge in [0.05, 0.1) is 17.3 Å². The zero-order chi connectivity index (χ0) is 20.1. The molecule has 8 heteroatoms. The minimum Gasteiger partial charge on any atom is -0.474 e. The van der Waals surface area contributed by atoms with Crippen LogP contribution in [0.4, 0.5) is 0 Å². The van der Waals surface area contributed by atoms with Gasteiger partial charge in [0.25, 0.3) is 11.5 Å². The number of hydrogen-bond donors (Lipinski definition) is 0. The third-order valence-electron chi connectivity index (χ3n) is 5.31. The molecule has 1 aliphatic rings. The van der Waals surface area contributed by atoms with Gasteiger partial charge in [-0.3, -0.25) is 4.79 Å². The van der Waals surface area contributed by atoms with E-state index >= 15 is 0 Å². The normalized spacial score (nSPS) is 13.8. The van der Waals surface area contributed by atoms with Gasteiger partial charge in [-0.05, 0) is 45.7 Å². The minimum atomic E-state index is -0.241. The number of rotatable bonds is 4. The fraction of sp³-hybridized carbons (Fsp3) is 0.286. The fourth-order valence-electron chi connectivity index (χ4n) is 3.68. The topological polar surface area (TPSA) is 87.7 Å². The maximum absolute atomic E-state index is 13.2. The standard InChI is InChI=1S/C21H20N6O2/c1-12-17(7-10-22-19(12)29-15-5-6-15)26-13(2)16-11-25-27(20(28)18(16)14(26)3)21-23-8-4-9-24-21/h4,7-11,15H,5-6H2,1-3H3. The van der Waals surface area contributed by atoms with Crippen molar-refractivity contribution in [3.05, 3.63) is 64.2 Å². The molecule has 0 saturated heterocycles. The average Bonchev–Trinajstić information content (AvgIpc) is 3.51. The highest BCUT2D eigenvalue weighted by atomic mass is 16.5. The van der Waals surface area contributed by atoms with Gasteiger partial charge in [-0.15, -0.1) is 0 Å². The van der Waals surface area contributed by atoms with Crippen molar-refractivity contribution in [2.75, 3.05) is 0 Å². The summed E-state index contributed by atoms with van der Waals surface area (Å²) in [5, 5.41) is 5.71. The number of fused-ring (bicyclic) bond motifs is 1. The van der Waals surface area contributed by atoms with E-state index in [1.54, 1.807) is 30.9 Å². The summed E-state index contributed by atoms with van der Waals surface area (Å²) in [6, 6.07) is 3.65. The predicted octanol–water partition coefficient (Wildman–Crippen LogP) is 2.83. The van der Waals surface area contributed by atoms with Gasteiger partial charge in [0.2, 0.25) is 5.88 Å². The van der Waals surface area contributed by atoms with Crippen LogP contribution >= 0.6 is 0 Å². The van der Waals surface area contributed by atoms with Crippen molar-refractivity contribution in [1.29, 1.82) is 0 Å². The predicted molar refractivity (Wildman–Crippen MR) is 108 cm³/mol. The Morgan fingerprint density at radius 2 is 1.79 bits per heavy atom. The molecule has 1 saturated carbocycles. The maximum atomic E-state index is 13.2. The van der Waals surface area contributed by atoms with Crippen LogP contribution in [0.1, 0.15) is 29.8 Å². The smallest absolute Gasteiger partial charge is 0.283 e. The number of ether oxygens (including phenoxy) is 1. The van der Waals surface area contributed by atoms with E-state index in [0.717, 1.165) is 40.9 Å². The first-order valence-electron chi connectivity index (χ1n) is 9.56. The molecule has 0 aromatic carbocycles. The molecule has 0 atom stereocenters. The second kappa shape index (κ2) is 6.51. The van der Waals surface area contributed by atoms with Gasteiger partial charge in [0.15, 0.2) is 0 Å². The Balaban J connectivity index is 1.72. The minimum absolute atomic E-state index is 0.241. The summed E-state index contributed by atoms with van der Waals surface area (Å²) >= 11 is 0. The fourth-order valence-corrected chi connectivity index (χ4v) is 3.68. The van der Waals surface area contributed by atoms with Gasteiger partial charge in [0, 0.05) is 40.9 Å². The van der Waals surface area contributed by atoms with Gasteiger partial charge in [-0.1, -0.05) is 0 Å². The number of pyridine rings is 1. The molecule has 0 aliphatic heterocycles. The van der Waals surface area contributed by atoms with Crippen LogP contribution in [0.25, 0.3) is 22.4 Å². The van der Waals surface area contributed by atoms with Crippen LogP contribution in [0, 0.1) is 20.8 Å². The van der Waals surface area contributed by atoms with Crippen LogP contribution in [0.2, 0.25) is 0 Å². The number of aromatic nitrogens is 6. The molecule has 4 heterocycles. The van der Waals surface area contributed by atoms with E-state index < -0.39 is 0 Å². The van der Waals surface area contributed by atoms with Crippen LogP contribution in [0.15, 0.2) is 41.7 Å². The zero-order valence-corrected chi connectivity index (χ0v) is 16.5. The van der Waals surface area contributed by atoms with Gasteiger partial charge in [0.1, 0.15) is 6.10 Å². The number of nitrogens with zero attached hydrogens (tertiary/aromatic N) is 6. The molecule has 29 heavy (non-hydrogen) atoms. The zero-order valence-electron chi connectivity index (χ0n) is 16.5. The van der Waals surface area contributed by atoms with Crippen LogP contribution in [-0.4, -0.2) is 35.4 Å². The van der Waals surface area contributed by atoms with Gasteiger partial charge in [-0.25, -0.2) is 15.0 Å². The van der Waals surface area contributed by atoms with Crippen LogP contribution in [0.3, 0.4) is 0 Å². The van der Waals surface area contributed by atoms with Crippen molar-refractivity contribution in [2.45, 2.75) is 39.7 Å². The van der Waals surface area contributed by atoms with Crippen molar-refractivity contribution in [3.8, 4) is 17.5 Å². The van der Waals surface area contributed by atoms with Crippen molar-refractivity contribution < 1.29 is 4.74 Å². The molecular formula is C21H20N6O2. The molecule has 0 bridgehead atoms. The molecule has 0 spiro atoms. The monoisotopic (exact) mass is 388 g/mol. The molecule has 0 radical (unpaired) electrons. The summed E-state index contributed by atoms with van der Waals surface area (Å²) < 4.78 is 9.26. The Morgan fingerprint density at radius 3 is 2.52 bits per heavy atom. The van der Waals surface area contributed by atoms with E-state index in [1.165, 1.54) is 4.68 Å². The molecular weight excluding hydrogens is 368 g/mol. The first kappa shape index (κ1) is 17.5. The summed E-state index contributed by atoms with van der Waals surface area (Å²) in [5.41, 5.74) is 3.43. The molecule has 8 nitrogen and oxygen atoms in total. The van der Waals surface area contributed by atoms with E-state index in [-0.39, 0.29) is 17.6 Å². The first-order chi connectivity index (χ1) is 14.1. The van der Waals surface area contributed by atoms with Gasteiger partial charge < -0.3 is 9.30 Å². The summed E-state index contributed by atoms with van der Waals surface area (Å²) in [6.45, 7) is 5.92. The SMILES string of the molecule is Cc1c(-n2c(C)c3cnn(-c4ncccn4)c(=O)c3c2C)ccnc1OC1CC1. The molecule has 1 fully saturated rings. The Labute approximate surface area is 166 Å². The molecule has 146 valence electrons. The van der Waals surface area contributed by atoms with Crippen molar-refractivity contribution in [2.24, 2.45) is 0 Å². The Morgan fingerprint density at radius 1 is 1.03 bits per heavy atom. The molecule has 0 amide bonds. The highest BCUT2D eigenvalue weighted by molar-refractivity contribution is 5.88. The Kier molecular flexibility index (Phi) is 3.94. The van der Waals surface area contributed by atoms with Crippen LogP contribution in [0.5, 0.6) is 5.88 Å². The maximum Gasteiger partial charge on any atom is 0.283 e. The second-order valence-electron chi connectivity index (χ2n) is 7.28. The van der Waals surface area contributed by atoms with E-state index in [0.29, 0.717) is 11.3 Å². The molecule has 1 aliphatic carbocycles. The highest BCUT2D eigenvalue weighted by Gasteiger charge is 2.26. The third-order valence-corrected chi connectivity index (χ3v) is 5.31. The van der Waals surface area contributed by atoms with E-state index in [4.69, 9.17) is 4.74 Å². The average molecular weight is 388 g/mol. The number of aryl methyl sites for hydroxylation is 2. The Bertz CT molecular complexity index is 1290. The lowest BCUT2D eigenvalue weighted by Gasteiger charge is -2.15. The summed E-state index contributed by atoms with van der Waals surface area (Å²) in [5.74, 6) is 0.902. The third kappa shape index (κ3) is 2.79. The molecule has 4 aromatic rings. The van der Waals surface area contributed by atoms with Crippen LogP contribution in [-0.2, 0) is 0 Å². The summed E-state index contributed by atoms with van der Waals surface area (Å²) in [7, 11) is 0. The lowest BCUT2D eigenvalue weighted by Crippen LogP contribution is -2.23. The molecule has 0 N–H and O–H groups in total. The summed E-state index contributed by atoms with van der Waals surface area (Å²) in [6.07, 6.45) is 9.04. The number of hydrogen-bond acceptors (Lipinski definition) is 6. The largest absolute Gasteiger partial charge is 0.474 e. The molecule has 5 rings (SSSR count). The molecule has 0 unspecified atom stereocenters. The van der Waals surface area contributed by atoms with Crippen molar-refractivity contribution in [1.82, 2.24) is 29.3 Å². The van der Waals surface area contributed by atoms with Crippen molar-refractivity contribution in [3.63, 3.8) is 0 Å². The van der Waals surface area contributed by atoms with E-state index in [2.05, 4.69) is 24.6 Å². The highest BCUT2D eigenvalue weighted by Crippen LogP contribution is 2.32. The van der Waals surface area contributed by atoms with Crippen LogP contribution < -0.4 is 10.3 Å². The summed E-state index contributed by atoms with van der Waals surface area (Å²) in [4.78, 5) is 25.9. The first-order valence-corrected chi connectivity index (χ1v) is 9.56. The van der Waals surface area contributed by atoms with Gasteiger partial charge >= 0.3 is 0 Å². The van der Waals surface area contributed by atoms with E-state index in [1.807, 2.05) is 26.8 Å². The van der Waals surface area contributed by atoms with Crippen molar-refractivity contribution >= 4 is 10.8 Å². The second-order valence-corrected chi connectivity index (χ2v) is 7.28. The lowest BCUT2D eigenvalue weighted by molar-refractivity contribution is 0.288. The quantitative estimate of drug-likeness (QED) is 0.534. The lowest BCUT2D eigenvalue weighted by atomic mass is 10.2. The van der Waals surface area contributed by atoms with Gasteiger partial charge in [-0.2, -0.15) is 9.78 Å². The Hall–Kier alpha value is -3.55. The molecule has 4 aromatic heterocycles. The van der Waals surface area contributed by atoms with E-state index in [9.17, 15) is 4.79 Å².